The van der Waals surface area contributed by atoms with Crippen molar-refractivity contribution >= 4 is 6.09 Å². The monoisotopic (exact) mass is 251 g/mol. The number of hydrogen-bond acceptors (Lipinski definition) is 2. The van der Waals surface area contributed by atoms with E-state index >= 15 is 0 Å². The van der Waals surface area contributed by atoms with Gasteiger partial charge in [0.1, 0.15) is 0 Å². The average molecular weight is 251 g/mol. The van der Waals surface area contributed by atoms with Crippen LogP contribution in [0.3, 0.4) is 0 Å². The van der Waals surface area contributed by atoms with Crippen LogP contribution >= 0.6 is 0 Å². The predicted octanol–water partition coefficient (Wildman–Crippen LogP) is 2.89. The Morgan fingerprint density at radius 1 is 1.28 bits per heavy atom. The summed E-state index contributed by atoms with van der Waals surface area (Å²) in [7, 11) is 0. The van der Waals surface area contributed by atoms with Crippen molar-refractivity contribution in [2.24, 2.45) is 0 Å². The summed E-state index contributed by atoms with van der Waals surface area (Å²) < 4.78 is 0. The lowest BCUT2D eigenvalue weighted by Gasteiger charge is -2.33. The van der Waals surface area contributed by atoms with E-state index in [9.17, 15) is 9.90 Å². The second-order valence-corrected chi connectivity index (χ2v) is 5.32. The van der Waals surface area contributed by atoms with Crippen molar-refractivity contribution in [3.63, 3.8) is 0 Å². The second-order valence-electron chi connectivity index (χ2n) is 5.32. The van der Waals surface area contributed by atoms with Crippen molar-refractivity contribution in [1.29, 1.82) is 0 Å². The van der Waals surface area contributed by atoms with Crippen LogP contribution in [0.5, 0.6) is 0 Å². The lowest BCUT2D eigenvalue weighted by atomic mass is 10.0. The van der Waals surface area contributed by atoms with Gasteiger partial charge in [0.2, 0.25) is 0 Å². The molecule has 1 atom stereocenters. The normalized spacial score (nSPS) is 13.1. The highest BCUT2D eigenvalue weighted by molar-refractivity contribution is 5.65. The van der Waals surface area contributed by atoms with Crippen LogP contribution in [0.1, 0.15) is 38.9 Å². The van der Waals surface area contributed by atoms with Crippen molar-refractivity contribution < 1.29 is 15.0 Å². The Labute approximate surface area is 108 Å². The van der Waals surface area contributed by atoms with Gasteiger partial charge >= 0.3 is 6.09 Å². The minimum atomic E-state index is -0.956. The molecular formula is C14H21NO3. The van der Waals surface area contributed by atoms with E-state index in [1.54, 1.807) is 0 Å². The zero-order valence-corrected chi connectivity index (χ0v) is 11.1. The highest BCUT2D eigenvalue weighted by Gasteiger charge is 2.26. The third kappa shape index (κ3) is 4.04. The Balaban J connectivity index is 2.61. The Hall–Kier alpha value is -1.55. The van der Waals surface area contributed by atoms with Crippen molar-refractivity contribution in [3.05, 3.63) is 35.9 Å². The molecule has 1 aromatic carbocycles. The van der Waals surface area contributed by atoms with Gasteiger partial charge in [-0.05, 0) is 32.8 Å². The Morgan fingerprint density at radius 2 is 1.83 bits per heavy atom. The molecule has 0 saturated carbocycles. The van der Waals surface area contributed by atoms with Crippen LogP contribution in [-0.2, 0) is 0 Å². The highest BCUT2D eigenvalue weighted by Crippen LogP contribution is 2.20. The number of benzene rings is 1. The summed E-state index contributed by atoms with van der Waals surface area (Å²) in [5, 5.41) is 19.1. The highest BCUT2D eigenvalue weighted by atomic mass is 16.4. The molecule has 0 aliphatic heterocycles. The van der Waals surface area contributed by atoms with Crippen molar-refractivity contribution in [2.45, 2.75) is 38.8 Å². The minimum absolute atomic E-state index is 0.314. The zero-order chi connectivity index (χ0) is 13.8. The molecule has 0 heterocycles. The minimum Gasteiger partial charge on any atom is -0.465 e. The molecule has 0 radical (unpaired) electrons. The van der Waals surface area contributed by atoms with Gasteiger partial charge in [-0.3, -0.25) is 0 Å². The molecule has 4 heteroatoms. The number of rotatable bonds is 4. The average Bonchev–Trinajstić information content (AvgIpc) is 2.28. The number of aliphatic hydroxyl groups excluding tert-OH is 1. The van der Waals surface area contributed by atoms with E-state index in [-0.39, 0.29) is 0 Å². The molecule has 0 unspecified atom stereocenters. The molecule has 2 N–H and O–H groups in total. The fourth-order valence-electron chi connectivity index (χ4n) is 1.81. The Bertz CT molecular complexity index is 384. The van der Waals surface area contributed by atoms with E-state index in [1.807, 2.05) is 51.1 Å². The Kier molecular flexibility index (Phi) is 4.73. The maximum atomic E-state index is 11.1. The zero-order valence-electron chi connectivity index (χ0n) is 11.1. The molecule has 100 valence electrons. The molecule has 0 aromatic heterocycles. The first-order chi connectivity index (χ1) is 8.32. The van der Waals surface area contributed by atoms with Gasteiger partial charge in [0.05, 0.1) is 6.10 Å². The summed E-state index contributed by atoms with van der Waals surface area (Å²) in [4.78, 5) is 12.5. The molecule has 0 spiro atoms. The summed E-state index contributed by atoms with van der Waals surface area (Å²) in [6.45, 7) is 5.84. The molecule has 1 rings (SSSR count). The van der Waals surface area contributed by atoms with Crippen molar-refractivity contribution in [1.82, 2.24) is 4.90 Å². The van der Waals surface area contributed by atoms with E-state index < -0.39 is 17.7 Å². The van der Waals surface area contributed by atoms with E-state index in [0.29, 0.717) is 13.0 Å². The SMILES string of the molecule is CC(C)(C)N(CC[C@H](O)c1ccccc1)C(=O)O. The Morgan fingerprint density at radius 3 is 2.28 bits per heavy atom. The van der Waals surface area contributed by atoms with Crippen LogP contribution in [0.4, 0.5) is 4.79 Å². The smallest absolute Gasteiger partial charge is 0.407 e. The van der Waals surface area contributed by atoms with Gasteiger partial charge in [0.25, 0.3) is 0 Å². The summed E-state index contributed by atoms with van der Waals surface area (Å²) in [6.07, 6.45) is -1.19. The van der Waals surface area contributed by atoms with Gasteiger partial charge < -0.3 is 15.1 Å². The number of carboxylic acid groups (broad SMARTS) is 1. The number of amides is 1. The molecule has 1 amide bonds. The van der Waals surface area contributed by atoms with Gasteiger partial charge in [-0.2, -0.15) is 0 Å². The van der Waals surface area contributed by atoms with Crippen LogP contribution in [0.2, 0.25) is 0 Å². The standard InChI is InChI=1S/C14H21NO3/c1-14(2,3)15(13(17)18)10-9-12(16)11-7-5-4-6-8-11/h4-8,12,16H,9-10H2,1-3H3,(H,17,18)/t12-/m0/s1. The molecule has 0 fully saturated rings. The van der Waals surface area contributed by atoms with E-state index in [2.05, 4.69) is 0 Å². The molecule has 0 bridgehead atoms. The van der Waals surface area contributed by atoms with Crippen LogP contribution in [0, 0.1) is 0 Å². The quantitative estimate of drug-likeness (QED) is 0.865. The molecule has 0 aliphatic rings. The van der Waals surface area contributed by atoms with Gasteiger partial charge in [-0.15, -0.1) is 0 Å². The van der Waals surface area contributed by atoms with E-state index in [0.717, 1.165) is 5.56 Å². The molecule has 1 aromatic rings. The summed E-state index contributed by atoms with van der Waals surface area (Å²) >= 11 is 0. The first-order valence-corrected chi connectivity index (χ1v) is 6.06. The molecule has 0 aliphatic carbocycles. The largest absolute Gasteiger partial charge is 0.465 e. The van der Waals surface area contributed by atoms with Gasteiger partial charge in [-0.25, -0.2) is 4.79 Å². The number of hydrogen-bond donors (Lipinski definition) is 2. The number of carbonyl (C=O) groups is 1. The first-order valence-electron chi connectivity index (χ1n) is 6.06. The maximum Gasteiger partial charge on any atom is 0.407 e. The lowest BCUT2D eigenvalue weighted by molar-refractivity contribution is 0.0821. The number of aliphatic hydroxyl groups is 1. The maximum absolute atomic E-state index is 11.1. The summed E-state index contributed by atoms with van der Waals surface area (Å²) in [5.74, 6) is 0. The van der Waals surface area contributed by atoms with Crippen molar-refractivity contribution in [2.75, 3.05) is 6.54 Å². The predicted molar refractivity (Wildman–Crippen MR) is 70.5 cm³/mol. The fourth-order valence-corrected chi connectivity index (χ4v) is 1.81. The lowest BCUT2D eigenvalue weighted by Crippen LogP contribution is -2.45. The number of nitrogens with zero attached hydrogens (tertiary/aromatic N) is 1. The van der Waals surface area contributed by atoms with Gasteiger partial charge in [0.15, 0.2) is 0 Å². The topological polar surface area (TPSA) is 60.8 Å². The first kappa shape index (κ1) is 14.5. The van der Waals surface area contributed by atoms with Gasteiger partial charge in [0, 0.05) is 12.1 Å². The molecule has 4 nitrogen and oxygen atoms in total. The molecule has 18 heavy (non-hydrogen) atoms. The van der Waals surface area contributed by atoms with Crippen LogP contribution in [0.25, 0.3) is 0 Å². The van der Waals surface area contributed by atoms with Crippen LogP contribution in [-0.4, -0.2) is 33.3 Å². The fraction of sp³-hybridized carbons (Fsp3) is 0.500. The molecular weight excluding hydrogens is 230 g/mol. The van der Waals surface area contributed by atoms with Crippen molar-refractivity contribution in [3.8, 4) is 0 Å². The van der Waals surface area contributed by atoms with Gasteiger partial charge in [-0.1, -0.05) is 30.3 Å². The summed E-state index contributed by atoms with van der Waals surface area (Å²) in [6, 6.07) is 9.28. The second kappa shape index (κ2) is 5.87. The third-order valence-electron chi connectivity index (χ3n) is 2.85. The van der Waals surface area contributed by atoms with Crippen LogP contribution in [0.15, 0.2) is 30.3 Å². The van der Waals surface area contributed by atoms with Crippen LogP contribution < -0.4 is 0 Å². The summed E-state index contributed by atoms with van der Waals surface area (Å²) in [5.41, 5.74) is 0.360. The van der Waals surface area contributed by atoms with E-state index in [1.165, 1.54) is 4.90 Å². The van der Waals surface area contributed by atoms with E-state index in [4.69, 9.17) is 5.11 Å². The third-order valence-corrected chi connectivity index (χ3v) is 2.85. The molecule has 0 saturated heterocycles.